The van der Waals surface area contributed by atoms with Crippen LogP contribution in [-0.4, -0.2) is 15.4 Å². The van der Waals surface area contributed by atoms with Crippen LogP contribution in [0.15, 0.2) is 18.2 Å². The molecule has 0 atom stereocenters. The molecular weight excluding hydrogens is 279 g/mol. The molecule has 104 valence electrons. The fourth-order valence-corrected chi connectivity index (χ4v) is 2.96. The van der Waals surface area contributed by atoms with Crippen molar-refractivity contribution >= 4 is 34.2 Å². The van der Waals surface area contributed by atoms with Gasteiger partial charge in [-0.2, -0.15) is 0 Å². The zero-order chi connectivity index (χ0) is 14.0. The zero-order valence-corrected chi connectivity index (χ0v) is 13.2. The number of imidazole rings is 1. The van der Waals surface area contributed by atoms with Crippen LogP contribution in [0.1, 0.15) is 39.4 Å². The van der Waals surface area contributed by atoms with E-state index in [-0.39, 0.29) is 5.54 Å². The van der Waals surface area contributed by atoms with Crippen LogP contribution >= 0.6 is 23.2 Å². The fraction of sp³-hybridized carbons (Fsp3) is 0.533. The number of hydrogen-bond donors (Lipinski definition) is 0. The molecule has 0 saturated carbocycles. The van der Waals surface area contributed by atoms with Gasteiger partial charge >= 0.3 is 0 Å². The van der Waals surface area contributed by atoms with Crippen molar-refractivity contribution in [2.24, 2.45) is 0 Å². The summed E-state index contributed by atoms with van der Waals surface area (Å²) in [5.74, 6) is 1.61. The highest BCUT2D eigenvalue weighted by Gasteiger charge is 2.28. The number of benzene rings is 1. The zero-order valence-electron chi connectivity index (χ0n) is 11.7. The number of nitrogens with zero attached hydrogens (tertiary/aromatic N) is 2. The van der Waals surface area contributed by atoms with Gasteiger partial charge in [-0.1, -0.05) is 31.5 Å². The van der Waals surface area contributed by atoms with Gasteiger partial charge in [-0.15, -0.1) is 11.6 Å². The fourth-order valence-electron chi connectivity index (χ4n) is 2.53. The second-order valence-corrected chi connectivity index (χ2v) is 5.90. The van der Waals surface area contributed by atoms with Crippen molar-refractivity contribution in [1.29, 1.82) is 0 Å². The van der Waals surface area contributed by atoms with Gasteiger partial charge in [0.2, 0.25) is 0 Å². The Labute approximate surface area is 124 Å². The van der Waals surface area contributed by atoms with E-state index in [1.165, 1.54) is 0 Å². The van der Waals surface area contributed by atoms with Crippen LogP contribution in [0.3, 0.4) is 0 Å². The van der Waals surface area contributed by atoms with E-state index in [0.717, 1.165) is 41.1 Å². The van der Waals surface area contributed by atoms with Crippen LogP contribution in [0.5, 0.6) is 0 Å². The summed E-state index contributed by atoms with van der Waals surface area (Å²) in [6, 6.07) is 5.89. The molecule has 0 amide bonds. The first-order valence-corrected chi connectivity index (χ1v) is 7.71. The van der Waals surface area contributed by atoms with Crippen molar-refractivity contribution in [3.8, 4) is 0 Å². The molecule has 0 aliphatic heterocycles. The van der Waals surface area contributed by atoms with Gasteiger partial charge in [0.25, 0.3) is 0 Å². The molecule has 0 fully saturated rings. The summed E-state index contributed by atoms with van der Waals surface area (Å²) < 4.78 is 2.30. The Bertz CT molecular complexity index is 571. The third-order valence-electron chi connectivity index (χ3n) is 4.08. The molecule has 1 heterocycles. The molecule has 0 N–H and O–H groups in total. The van der Waals surface area contributed by atoms with Gasteiger partial charge in [0.15, 0.2) is 0 Å². The van der Waals surface area contributed by atoms with E-state index < -0.39 is 0 Å². The van der Waals surface area contributed by atoms with Gasteiger partial charge in [0.1, 0.15) is 5.82 Å². The first kappa shape index (κ1) is 14.7. The van der Waals surface area contributed by atoms with E-state index in [4.69, 9.17) is 28.2 Å². The van der Waals surface area contributed by atoms with E-state index in [2.05, 4.69) is 25.3 Å². The second-order valence-electron chi connectivity index (χ2n) is 5.11. The van der Waals surface area contributed by atoms with Crippen molar-refractivity contribution in [3.63, 3.8) is 0 Å². The lowest BCUT2D eigenvalue weighted by Crippen LogP contribution is -2.30. The molecular formula is C15H20Cl2N2. The molecule has 0 saturated heterocycles. The van der Waals surface area contributed by atoms with Gasteiger partial charge in [-0.25, -0.2) is 4.98 Å². The molecule has 1 aromatic heterocycles. The average molecular weight is 299 g/mol. The molecule has 19 heavy (non-hydrogen) atoms. The maximum Gasteiger partial charge on any atom is 0.111 e. The molecule has 0 unspecified atom stereocenters. The van der Waals surface area contributed by atoms with Gasteiger partial charge in [-0.3, -0.25) is 0 Å². The van der Waals surface area contributed by atoms with E-state index in [1.54, 1.807) is 0 Å². The Morgan fingerprint density at radius 1 is 1.26 bits per heavy atom. The molecule has 0 aliphatic carbocycles. The summed E-state index contributed by atoms with van der Waals surface area (Å²) in [5.41, 5.74) is 2.03. The highest BCUT2D eigenvalue weighted by Crippen LogP contribution is 2.34. The standard InChI is InChI=1S/C15H20Cl2N2/c1-4-15(3,5-2)19-13(9-10-16)18-12-8-6-7-11(17)14(12)19/h6-8H,4-5,9-10H2,1-3H3. The van der Waals surface area contributed by atoms with Crippen LogP contribution < -0.4 is 0 Å². The van der Waals surface area contributed by atoms with Crippen molar-refractivity contribution in [2.75, 3.05) is 5.88 Å². The van der Waals surface area contributed by atoms with E-state index in [9.17, 15) is 0 Å². The van der Waals surface area contributed by atoms with E-state index in [1.807, 2.05) is 18.2 Å². The molecule has 2 nitrogen and oxygen atoms in total. The summed E-state index contributed by atoms with van der Waals surface area (Å²) in [6.07, 6.45) is 2.84. The van der Waals surface area contributed by atoms with Gasteiger partial charge in [-0.05, 0) is 31.9 Å². The molecule has 2 aromatic rings. The van der Waals surface area contributed by atoms with Crippen molar-refractivity contribution in [1.82, 2.24) is 9.55 Å². The van der Waals surface area contributed by atoms with Crippen LogP contribution in [0, 0.1) is 0 Å². The molecule has 0 radical (unpaired) electrons. The summed E-state index contributed by atoms with van der Waals surface area (Å²) in [6.45, 7) is 6.67. The smallest absolute Gasteiger partial charge is 0.111 e. The van der Waals surface area contributed by atoms with Crippen molar-refractivity contribution in [2.45, 2.75) is 45.6 Å². The number of hydrogen-bond acceptors (Lipinski definition) is 1. The minimum atomic E-state index is 0.0289. The van der Waals surface area contributed by atoms with Crippen LogP contribution in [0.2, 0.25) is 5.02 Å². The first-order chi connectivity index (χ1) is 9.07. The summed E-state index contributed by atoms with van der Waals surface area (Å²) in [5, 5.41) is 0.763. The third-order valence-corrected chi connectivity index (χ3v) is 4.57. The predicted octanol–water partition coefficient (Wildman–Crippen LogP) is 5.01. The number of aromatic nitrogens is 2. The molecule has 0 spiro atoms. The second kappa shape index (κ2) is 5.72. The monoisotopic (exact) mass is 298 g/mol. The van der Waals surface area contributed by atoms with Crippen molar-refractivity contribution in [3.05, 3.63) is 29.0 Å². The average Bonchev–Trinajstić information content (AvgIpc) is 2.78. The maximum atomic E-state index is 6.40. The Hall–Kier alpha value is -0.730. The number of para-hydroxylation sites is 1. The normalized spacial score (nSPS) is 12.3. The lowest BCUT2D eigenvalue weighted by atomic mass is 9.94. The number of aryl methyl sites for hydroxylation is 1. The molecule has 0 aliphatic rings. The Balaban J connectivity index is 2.77. The maximum absolute atomic E-state index is 6.40. The lowest BCUT2D eigenvalue weighted by Gasteiger charge is -2.31. The van der Waals surface area contributed by atoms with Gasteiger partial charge in [0, 0.05) is 17.8 Å². The first-order valence-electron chi connectivity index (χ1n) is 6.79. The third kappa shape index (κ3) is 2.48. The van der Waals surface area contributed by atoms with Gasteiger partial charge in [0.05, 0.1) is 16.1 Å². The molecule has 1 aromatic carbocycles. The highest BCUT2D eigenvalue weighted by atomic mass is 35.5. The lowest BCUT2D eigenvalue weighted by molar-refractivity contribution is 0.294. The van der Waals surface area contributed by atoms with Crippen LogP contribution in [0.25, 0.3) is 11.0 Å². The minimum absolute atomic E-state index is 0.0289. The molecule has 4 heteroatoms. The number of rotatable bonds is 5. The number of alkyl halides is 1. The Kier molecular flexibility index (Phi) is 4.42. The van der Waals surface area contributed by atoms with Crippen LogP contribution in [-0.2, 0) is 12.0 Å². The van der Waals surface area contributed by atoms with E-state index >= 15 is 0 Å². The molecule has 0 bridgehead atoms. The van der Waals surface area contributed by atoms with Crippen LogP contribution in [0.4, 0.5) is 0 Å². The largest absolute Gasteiger partial charge is 0.321 e. The van der Waals surface area contributed by atoms with Crippen molar-refractivity contribution < 1.29 is 0 Å². The topological polar surface area (TPSA) is 17.8 Å². The minimum Gasteiger partial charge on any atom is -0.321 e. The Morgan fingerprint density at radius 2 is 1.95 bits per heavy atom. The Morgan fingerprint density at radius 3 is 2.53 bits per heavy atom. The highest BCUT2D eigenvalue weighted by molar-refractivity contribution is 6.35. The van der Waals surface area contributed by atoms with Gasteiger partial charge < -0.3 is 4.57 Å². The van der Waals surface area contributed by atoms with E-state index in [0.29, 0.717) is 5.88 Å². The summed E-state index contributed by atoms with van der Waals surface area (Å²) in [4.78, 5) is 4.72. The number of fused-ring (bicyclic) bond motifs is 1. The summed E-state index contributed by atoms with van der Waals surface area (Å²) in [7, 11) is 0. The SMILES string of the molecule is CCC(C)(CC)n1c(CCCl)nc2cccc(Cl)c21. The quantitative estimate of drug-likeness (QED) is 0.710. The summed E-state index contributed by atoms with van der Waals surface area (Å²) >= 11 is 12.3. The number of halogens is 2. The molecule has 2 rings (SSSR count). The predicted molar refractivity (Wildman–Crippen MR) is 83.4 cm³/mol.